The van der Waals surface area contributed by atoms with E-state index in [1.165, 1.54) is 18.9 Å². The molecule has 1 aromatic rings. The number of carbonyl (C=O) groups is 3. The maximum Gasteiger partial charge on any atom is 0.329 e. The molecule has 0 unspecified atom stereocenters. The number of amides is 1. The van der Waals surface area contributed by atoms with Gasteiger partial charge >= 0.3 is 11.9 Å². The number of carbonyl (C=O) groups excluding carboxylic acids is 2. The molecule has 1 aromatic heterocycles. The predicted octanol–water partition coefficient (Wildman–Crippen LogP) is -0.0274. The van der Waals surface area contributed by atoms with Crippen LogP contribution in [0.25, 0.3) is 0 Å². The Morgan fingerprint density at radius 3 is 2.77 bits per heavy atom. The van der Waals surface area contributed by atoms with Crippen molar-refractivity contribution in [2.24, 2.45) is 5.73 Å². The molecule has 0 aromatic carbocycles. The number of aliphatic carboxylic acids is 1. The third-order valence-corrected chi connectivity index (χ3v) is 3.70. The summed E-state index contributed by atoms with van der Waals surface area (Å²) in [5.74, 6) is -1.01. The number of hydrogen-bond donors (Lipinski definition) is 3. The van der Waals surface area contributed by atoms with Crippen LogP contribution >= 0.6 is 11.8 Å². The van der Waals surface area contributed by atoms with Gasteiger partial charge < -0.3 is 25.3 Å². The summed E-state index contributed by atoms with van der Waals surface area (Å²) in [6.07, 6.45) is 1.03. The number of nitrogens with one attached hydrogen (secondary N) is 1. The molecule has 0 aliphatic heterocycles. The topological polar surface area (TPSA) is 132 Å². The first kappa shape index (κ1) is 18.1. The zero-order chi connectivity index (χ0) is 16.5. The third-order valence-electron chi connectivity index (χ3n) is 2.64. The van der Waals surface area contributed by atoms with Crippen LogP contribution in [0, 0.1) is 0 Å². The molecule has 1 amide bonds. The van der Waals surface area contributed by atoms with Crippen LogP contribution < -0.4 is 11.1 Å². The quantitative estimate of drug-likeness (QED) is 0.538. The Balaban J connectivity index is 2.51. The molecule has 0 aliphatic rings. The smallest absolute Gasteiger partial charge is 0.329 e. The summed E-state index contributed by atoms with van der Waals surface area (Å²) in [7, 11) is 1.20. The van der Waals surface area contributed by atoms with Gasteiger partial charge in [0, 0.05) is 5.75 Å². The first-order valence-electron chi connectivity index (χ1n) is 6.39. The number of rotatable bonds is 9. The summed E-state index contributed by atoms with van der Waals surface area (Å²) < 4.78 is 9.77. The van der Waals surface area contributed by atoms with Crippen molar-refractivity contribution in [3.05, 3.63) is 24.2 Å². The van der Waals surface area contributed by atoms with E-state index in [-0.39, 0.29) is 5.75 Å². The van der Waals surface area contributed by atoms with Gasteiger partial charge in [0.2, 0.25) is 5.91 Å². The molecule has 1 rings (SSSR count). The maximum absolute atomic E-state index is 11.8. The van der Waals surface area contributed by atoms with Crippen molar-refractivity contribution >= 4 is 29.6 Å². The summed E-state index contributed by atoms with van der Waals surface area (Å²) in [5.41, 5.74) is 5.45. The van der Waals surface area contributed by atoms with Gasteiger partial charge in [0.05, 0.1) is 31.6 Å². The Hall–Kier alpha value is -2.00. The Bertz CT molecular complexity index is 505. The lowest BCUT2D eigenvalue weighted by molar-refractivity contribution is -0.144. The Morgan fingerprint density at radius 1 is 1.50 bits per heavy atom. The molecule has 0 fully saturated rings. The number of carboxylic acid groups (broad SMARTS) is 1. The average molecular weight is 330 g/mol. The van der Waals surface area contributed by atoms with Gasteiger partial charge in [-0.1, -0.05) is 0 Å². The normalized spacial score (nSPS) is 13.2. The summed E-state index contributed by atoms with van der Waals surface area (Å²) in [6, 6.07) is 1.42. The zero-order valence-electron chi connectivity index (χ0n) is 12.0. The van der Waals surface area contributed by atoms with Crippen LogP contribution in [-0.4, -0.2) is 47.9 Å². The molecule has 22 heavy (non-hydrogen) atoms. The van der Waals surface area contributed by atoms with Gasteiger partial charge in [-0.2, -0.15) is 11.8 Å². The van der Waals surface area contributed by atoms with E-state index in [1.807, 2.05) is 0 Å². The van der Waals surface area contributed by atoms with Crippen molar-refractivity contribution < 1.29 is 28.6 Å². The van der Waals surface area contributed by atoms with Gasteiger partial charge in [0.25, 0.3) is 0 Å². The van der Waals surface area contributed by atoms with Gasteiger partial charge in [-0.25, -0.2) is 4.79 Å². The summed E-state index contributed by atoms with van der Waals surface area (Å²) in [5, 5.41) is 11.0. The number of thioether (sulfide) groups is 1. The molecule has 0 spiro atoms. The maximum atomic E-state index is 11.8. The monoisotopic (exact) mass is 330 g/mol. The van der Waals surface area contributed by atoms with Gasteiger partial charge in [-0.05, 0) is 12.1 Å². The minimum absolute atomic E-state index is 0.249. The summed E-state index contributed by atoms with van der Waals surface area (Å²) in [6.45, 7) is 0. The Morgan fingerprint density at radius 2 is 2.23 bits per heavy atom. The number of ether oxygens (including phenoxy) is 1. The lowest BCUT2D eigenvalue weighted by atomic mass is 10.2. The third kappa shape index (κ3) is 6.19. The van der Waals surface area contributed by atoms with E-state index < -0.39 is 36.4 Å². The summed E-state index contributed by atoms with van der Waals surface area (Å²) in [4.78, 5) is 33.9. The molecule has 8 nitrogen and oxygen atoms in total. The standard InChI is InChI=1S/C13H18N2O6S/c1-20-13(19)10(7-22-6-8-3-2-4-21-8)15-12(18)9(14)5-11(16)17/h2-4,9-10H,5-7,14H2,1H3,(H,15,18)(H,16,17)/t9-,10-/m0/s1. The first-order chi connectivity index (χ1) is 10.4. The lowest BCUT2D eigenvalue weighted by Crippen LogP contribution is -2.50. The van der Waals surface area contributed by atoms with Crippen molar-refractivity contribution in [2.45, 2.75) is 24.3 Å². The van der Waals surface area contributed by atoms with Crippen molar-refractivity contribution in [1.29, 1.82) is 0 Å². The van der Waals surface area contributed by atoms with E-state index in [0.29, 0.717) is 5.75 Å². The van der Waals surface area contributed by atoms with Gasteiger partial charge in [0.15, 0.2) is 0 Å². The highest BCUT2D eigenvalue weighted by atomic mass is 32.2. The van der Waals surface area contributed by atoms with Gasteiger partial charge in [-0.3, -0.25) is 9.59 Å². The van der Waals surface area contributed by atoms with Crippen LogP contribution in [0.1, 0.15) is 12.2 Å². The minimum Gasteiger partial charge on any atom is -0.481 e. The molecule has 0 radical (unpaired) electrons. The second kappa shape index (κ2) is 9.11. The van der Waals surface area contributed by atoms with E-state index >= 15 is 0 Å². The molecule has 1 heterocycles. The molecular weight excluding hydrogens is 312 g/mol. The highest BCUT2D eigenvalue weighted by Crippen LogP contribution is 2.14. The lowest BCUT2D eigenvalue weighted by Gasteiger charge is -2.18. The molecule has 122 valence electrons. The van der Waals surface area contributed by atoms with E-state index in [9.17, 15) is 14.4 Å². The minimum atomic E-state index is -1.22. The van der Waals surface area contributed by atoms with Gasteiger partial charge in [-0.15, -0.1) is 0 Å². The molecular formula is C13H18N2O6S. The van der Waals surface area contributed by atoms with Crippen LogP contribution in [0.2, 0.25) is 0 Å². The highest BCUT2D eigenvalue weighted by Gasteiger charge is 2.25. The molecule has 0 bridgehead atoms. The van der Waals surface area contributed by atoms with Crippen LogP contribution in [-0.2, 0) is 24.9 Å². The van der Waals surface area contributed by atoms with Gasteiger partial charge in [0.1, 0.15) is 11.8 Å². The van der Waals surface area contributed by atoms with E-state index in [0.717, 1.165) is 5.76 Å². The largest absolute Gasteiger partial charge is 0.481 e. The molecule has 2 atom stereocenters. The molecule has 0 aliphatic carbocycles. The van der Waals surface area contributed by atoms with Crippen molar-refractivity contribution in [1.82, 2.24) is 5.32 Å². The number of carboxylic acids is 1. The SMILES string of the molecule is COC(=O)[C@H](CSCc1ccco1)NC(=O)[C@@H](N)CC(=O)O. The first-order valence-corrected chi connectivity index (χ1v) is 7.55. The number of furan rings is 1. The van der Waals surface area contributed by atoms with E-state index in [1.54, 1.807) is 18.4 Å². The fourth-order valence-electron chi connectivity index (χ4n) is 1.54. The van der Waals surface area contributed by atoms with Crippen molar-refractivity contribution in [3.8, 4) is 0 Å². The fraction of sp³-hybridized carbons (Fsp3) is 0.462. The zero-order valence-corrected chi connectivity index (χ0v) is 12.8. The van der Waals surface area contributed by atoms with Crippen LogP contribution in [0.3, 0.4) is 0 Å². The highest BCUT2D eigenvalue weighted by molar-refractivity contribution is 7.98. The number of hydrogen-bond acceptors (Lipinski definition) is 7. The second-order valence-corrected chi connectivity index (χ2v) is 5.41. The molecule has 0 saturated heterocycles. The number of esters is 1. The van der Waals surface area contributed by atoms with Crippen LogP contribution in [0.5, 0.6) is 0 Å². The van der Waals surface area contributed by atoms with Crippen molar-refractivity contribution in [3.63, 3.8) is 0 Å². The van der Waals surface area contributed by atoms with Crippen LogP contribution in [0.4, 0.5) is 0 Å². The summed E-state index contributed by atoms with van der Waals surface area (Å²) >= 11 is 1.36. The second-order valence-electron chi connectivity index (χ2n) is 4.38. The number of nitrogens with two attached hydrogens (primary N) is 1. The van der Waals surface area contributed by atoms with E-state index in [2.05, 4.69) is 10.1 Å². The average Bonchev–Trinajstić information content (AvgIpc) is 2.97. The predicted molar refractivity (Wildman–Crippen MR) is 79.0 cm³/mol. The fourth-order valence-corrected chi connectivity index (χ4v) is 2.48. The molecule has 0 saturated carbocycles. The Kier molecular flexibility index (Phi) is 7.47. The van der Waals surface area contributed by atoms with Crippen molar-refractivity contribution in [2.75, 3.05) is 12.9 Å². The molecule has 4 N–H and O–H groups in total. The van der Waals surface area contributed by atoms with E-state index in [4.69, 9.17) is 15.3 Å². The number of methoxy groups -OCH3 is 1. The Labute approximate surface area is 131 Å². The van der Waals surface area contributed by atoms with Crippen LogP contribution in [0.15, 0.2) is 22.8 Å². The molecule has 9 heteroatoms.